The number of benzene rings is 1. The van der Waals surface area contributed by atoms with Crippen molar-refractivity contribution in [2.24, 2.45) is 0 Å². The molecule has 104 valence electrons. The zero-order valence-corrected chi connectivity index (χ0v) is 11.3. The Hall–Kier alpha value is -1.55. The predicted molar refractivity (Wildman–Crippen MR) is 73.5 cm³/mol. The van der Waals surface area contributed by atoms with Gasteiger partial charge in [0.15, 0.2) is 0 Å². The van der Waals surface area contributed by atoms with Crippen LogP contribution in [0.5, 0.6) is 5.75 Å². The van der Waals surface area contributed by atoms with Gasteiger partial charge in [0.2, 0.25) is 0 Å². The van der Waals surface area contributed by atoms with E-state index in [0.29, 0.717) is 19.4 Å². The van der Waals surface area contributed by atoms with Gasteiger partial charge in [0, 0.05) is 6.42 Å². The molecule has 0 amide bonds. The van der Waals surface area contributed by atoms with Gasteiger partial charge in [-0.25, -0.2) is 0 Å². The second-order valence-corrected chi connectivity index (χ2v) is 5.19. The van der Waals surface area contributed by atoms with Crippen LogP contribution < -0.4 is 10.1 Å². The number of carbonyl (C=O) groups is 1. The van der Waals surface area contributed by atoms with Gasteiger partial charge in [-0.15, -0.1) is 0 Å². The lowest BCUT2D eigenvalue weighted by Crippen LogP contribution is -2.55. The third kappa shape index (κ3) is 3.47. The van der Waals surface area contributed by atoms with Crippen LogP contribution in [0.2, 0.25) is 0 Å². The standard InChI is InChI=1S/C15H21NO3/c1-12-5-4-6-13(11-12)19-10-8-15(14(17)18)7-2-3-9-16-15/h4-6,11,16H,2-3,7-10H2,1H3,(H,17,18). The van der Waals surface area contributed by atoms with Crippen LogP contribution in [0, 0.1) is 6.92 Å². The van der Waals surface area contributed by atoms with E-state index in [1.165, 1.54) is 0 Å². The molecule has 1 atom stereocenters. The van der Waals surface area contributed by atoms with Crippen molar-refractivity contribution in [2.45, 2.75) is 38.1 Å². The summed E-state index contributed by atoms with van der Waals surface area (Å²) in [7, 11) is 0. The van der Waals surface area contributed by atoms with E-state index in [2.05, 4.69) is 5.32 Å². The molecule has 2 N–H and O–H groups in total. The van der Waals surface area contributed by atoms with Crippen molar-refractivity contribution in [1.82, 2.24) is 5.32 Å². The van der Waals surface area contributed by atoms with Crippen molar-refractivity contribution in [3.8, 4) is 5.75 Å². The lowest BCUT2D eigenvalue weighted by molar-refractivity contribution is -0.146. The highest BCUT2D eigenvalue weighted by Gasteiger charge is 2.39. The van der Waals surface area contributed by atoms with Gasteiger partial charge in [-0.2, -0.15) is 0 Å². The Morgan fingerprint density at radius 2 is 2.32 bits per heavy atom. The summed E-state index contributed by atoms with van der Waals surface area (Å²) in [6.07, 6.45) is 3.19. The highest BCUT2D eigenvalue weighted by Crippen LogP contribution is 2.24. The van der Waals surface area contributed by atoms with E-state index < -0.39 is 11.5 Å². The number of rotatable bonds is 5. The van der Waals surface area contributed by atoms with Gasteiger partial charge in [0.1, 0.15) is 11.3 Å². The summed E-state index contributed by atoms with van der Waals surface area (Å²) >= 11 is 0. The predicted octanol–water partition coefficient (Wildman–Crippen LogP) is 2.36. The molecule has 1 aliphatic heterocycles. The lowest BCUT2D eigenvalue weighted by atomic mass is 9.86. The molecule has 4 nitrogen and oxygen atoms in total. The van der Waals surface area contributed by atoms with E-state index in [4.69, 9.17) is 4.74 Å². The van der Waals surface area contributed by atoms with Gasteiger partial charge >= 0.3 is 5.97 Å². The molecule has 19 heavy (non-hydrogen) atoms. The van der Waals surface area contributed by atoms with E-state index in [-0.39, 0.29) is 0 Å². The van der Waals surface area contributed by atoms with Crippen LogP contribution in [0.3, 0.4) is 0 Å². The minimum Gasteiger partial charge on any atom is -0.493 e. The quantitative estimate of drug-likeness (QED) is 0.856. The van der Waals surface area contributed by atoms with Crippen molar-refractivity contribution < 1.29 is 14.6 Å². The Morgan fingerprint density at radius 1 is 1.47 bits per heavy atom. The first-order valence-corrected chi connectivity index (χ1v) is 6.80. The van der Waals surface area contributed by atoms with Crippen molar-refractivity contribution in [1.29, 1.82) is 0 Å². The fourth-order valence-corrected chi connectivity index (χ4v) is 2.52. The summed E-state index contributed by atoms with van der Waals surface area (Å²) in [5.74, 6) is 0.0383. The Balaban J connectivity index is 1.91. The van der Waals surface area contributed by atoms with Gasteiger partial charge in [-0.1, -0.05) is 12.1 Å². The SMILES string of the molecule is Cc1cccc(OCCC2(C(=O)O)CCCCN2)c1. The monoisotopic (exact) mass is 263 g/mol. The van der Waals surface area contributed by atoms with E-state index in [1.54, 1.807) is 0 Å². The van der Waals surface area contributed by atoms with E-state index in [1.807, 2.05) is 31.2 Å². The van der Waals surface area contributed by atoms with Gasteiger partial charge in [-0.3, -0.25) is 4.79 Å². The Morgan fingerprint density at radius 3 is 2.95 bits per heavy atom. The van der Waals surface area contributed by atoms with E-state index in [0.717, 1.165) is 30.7 Å². The number of carboxylic acids is 1. The van der Waals surface area contributed by atoms with Crippen molar-refractivity contribution in [2.75, 3.05) is 13.2 Å². The molecule has 4 heteroatoms. The highest BCUT2D eigenvalue weighted by atomic mass is 16.5. The molecular weight excluding hydrogens is 242 g/mol. The summed E-state index contributed by atoms with van der Waals surface area (Å²) in [6.45, 7) is 3.20. The molecule has 1 aliphatic rings. The molecule has 0 saturated carbocycles. The van der Waals surface area contributed by atoms with Crippen LogP contribution in [0.4, 0.5) is 0 Å². The molecule has 0 bridgehead atoms. The molecule has 1 unspecified atom stereocenters. The number of hydrogen-bond donors (Lipinski definition) is 2. The normalized spacial score (nSPS) is 23.0. The lowest BCUT2D eigenvalue weighted by Gasteiger charge is -2.34. The van der Waals surface area contributed by atoms with Crippen LogP contribution >= 0.6 is 0 Å². The van der Waals surface area contributed by atoms with Gasteiger partial charge in [-0.05, 0) is 50.4 Å². The van der Waals surface area contributed by atoms with Crippen LogP contribution in [-0.2, 0) is 4.79 Å². The number of carboxylic acid groups (broad SMARTS) is 1. The Bertz CT molecular complexity index is 439. The molecule has 2 rings (SSSR count). The molecule has 0 radical (unpaired) electrons. The van der Waals surface area contributed by atoms with Crippen molar-refractivity contribution in [3.05, 3.63) is 29.8 Å². The number of hydrogen-bond acceptors (Lipinski definition) is 3. The van der Waals surface area contributed by atoms with Crippen molar-refractivity contribution >= 4 is 5.97 Å². The van der Waals surface area contributed by atoms with Gasteiger partial charge in [0.25, 0.3) is 0 Å². The first-order valence-electron chi connectivity index (χ1n) is 6.80. The molecule has 0 aliphatic carbocycles. The van der Waals surface area contributed by atoms with E-state index in [9.17, 15) is 9.90 Å². The maximum absolute atomic E-state index is 11.5. The Kier molecular flexibility index (Phi) is 4.43. The average Bonchev–Trinajstić information content (AvgIpc) is 2.40. The average molecular weight is 263 g/mol. The fourth-order valence-electron chi connectivity index (χ4n) is 2.52. The maximum Gasteiger partial charge on any atom is 0.324 e. The summed E-state index contributed by atoms with van der Waals surface area (Å²) in [5.41, 5.74) is 0.337. The van der Waals surface area contributed by atoms with Crippen LogP contribution in [0.25, 0.3) is 0 Å². The molecule has 1 fully saturated rings. The highest BCUT2D eigenvalue weighted by molar-refractivity contribution is 5.78. The topological polar surface area (TPSA) is 58.6 Å². The minimum absolute atomic E-state index is 0.419. The summed E-state index contributed by atoms with van der Waals surface area (Å²) < 4.78 is 5.66. The summed E-state index contributed by atoms with van der Waals surface area (Å²) in [5, 5.41) is 12.6. The van der Waals surface area contributed by atoms with Crippen LogP contribution in [0.1, 0.15) is 31.2 Å². The fraction of sp³-hybridized carbons (Fsp3) is 0.533. The first-order chi connectivity index (χ1) is 9.12. The third-order valence-corrected chi connectivity index (χ3v) is 3.69. The zero-order valence-electron chi connectivity index (χ0n) is 11.3. The zero-order chi connectivity index (χ0) is 13.7. The molecular formula is C15H21NO3. The molecule has 1 heterocycles. The number of aliphatic carboxylic acids is 1. The van der Waals surface area contributed by atoms with Crippen molar-refractivity contribution in [3.63, 3.8) is 0 Å². The van der Waals surface area contributed by atoms with Gasteiger partial charge < -0.3 is 15.2 Å². The minimum atomic E-state index is -0.803. The number of piperidine rings is 1. The van der Waals surface area contributed by atoms with Crippen LogP contribution in [0.15, 0.2) is 24.3 Å². The summed E-state index contributed by atoms with van der Waals surface area (Å²) in [4.78, 5) is 11.5. The first kappa shape index (κ1) is 13.9. The molecule has 0 spiro atoms. The number of ether oxygens (including phenoxy) is 1. The summed E-state index contributed by atoms with van der Waals surface area (Å²) in [6, 6.07) is 7.81. The largest absolute Gasteiger partial charge is 0.493 e. The molecule has 1 aromatic rings. The molecule has 0 aromatic heterocycles. The maximum atomic E-state index is 11.5. The third-order valence-electron chi connectivity index (χ3n) is 3.69. The second kappa shape index (κ2) is 6.06. The molecule has 1 aromatic carbocycles. The van der Waals surface area contributed by atoms with Gasteiger partial charge in [0.05, 0.1) is 6.61 Å². The second-order valence-electron chi connectivity index (χ2n) is 5.19. The molecule has 1 saturated heterocycles. The smallest absolute Gasteiger partial charge is 0.324 e. The Labute approximate surface area is 113 Å². The number of nitrogens with one attached hydrogen (secondary N) is 1. The van der Waals surface area contributed by atoms with E-state index >= 15 is 0 Å². The number of aryl methyl sites for hydroxylation is 1. The van der Waals surface area contributed by atoms with Crippen LogP contribution in [-0.4, -0.2) is 29.8 Å².